The van der Waals surface area contributed by atoms with Crippen molar-refractivity contribution in [3.05, 3.63) is 77.5 Å². The molecule has 3 aromatic rings. The van der Waals surface area contributed by atoms with Gasteiger partial charge in [-0.2, -0.15) is 5.26 Å². The van der Waals surface area contributed by atoms with Gasteiger partial charge < -0.3 is 14.4 Å². The van der Waals surface area contributed by atoms with Gasteiger partial charge in [0, 0.05) is 13.1 Å². The second kappa shape index (κ2) is 11.3. The van der Waals surface area contributed by atoms with Gasteiger partial charge >= 0.3 is 10.2 Å². The summed E-state index contributed by atoms with van der Waals surface area (Å²) >= 11 is 0. The number of rotatable bonds is 9. The van der Waals surface area contributed by atoms with Crippen LogP contribution in [0.1, 0.15) is 34.5 Å². The van der Waals surface area contributed by atoms with Gasteiger partial charge in [0.05, 0.1) is 25.2 Å². The Bertz CT molecular complexity index is 1510. The Morgan fingerprint density at radius 1 is 0.953 bits per heavy atom. The maximum absolute atomic E-state index is 13.1. The minimum absolute atomic E-state index is 0.0874. The van der Waals surface area contributed by atoms with Gasteiger partial charge in [0.25, 0.3) is 11.8 Å². The molecule has 4 rings (SSSR count). The lowest BCUT2D eigenvalue weighted by Gasteiger charge is -2.41. The predicted octanol–water partition coefficient (Wildman–Crippen LogP) is 5.18. The van der Waals surface area contributed by atoms with Crippen LogP contribution in [0, 0.1) is 11.3 Å². The van der Waals surface area contributed by atoms with Crippen molar-refractivity contribution in [3.8, 4) is 11.8 Å². The molecular weight excluding hydrogens is 599 g/mol. The first kappa shape index (κ1) is 31.4. The Balaban J connectivity index is 1.26. The molecule has 1 aromatic heterocycles. The molecule has 0 unspecified atom stereocenters. The number of anilines is 1. The van der Waals surface area contributed by atoms with E-state index in [2.05, 4.69) is 27.1 Å². The Labute approximate surface area is 243 Å². The summed E-state index contributed by atoms with van der Waals surface area (Å²) in [4.78, 5) is 24.1. The normalized spacial score (nSPS) is 16.3. The zero-order valence-electron chi connectivity index (χ0n) is 22.7. The van der Waals surface area contributed by atoms with Crippen molar-refractivity contribution in [2.45, 2.75) is 29.8 Å². The number of piperidine rings is 1. The quantitative estimate of drug-likeness (QED) is 0.246. The van der Waals surface area contributed by atoms with E-state index in [-0.39, 0.29) is 50.4 Å². The van der Waals surface area contributed by atoms with Crippen LogP contribution in [0.25, 0.3) is 0 Å². The Hall–Kier alpha value is -4.49. The van der Waals surface area contributed by atoms with Crippen molar-refractivity contribution in [1.29, 1.82) is 5.26 Å². The molecule has 0 radical (unpaired) electrons. The molecule has 1 aliphatic rings. The van der Waals surface area contributed by atoms with E-state index in [0.717, 1.165) is 17.7 Å². The number of nitriles is 1. The molecule has 16 heteroatoms. The van der Waals surface area contributed by atoms with Crippen molar-refractivity contribution < 1.29 is 38.5 Å². The summed E-state index contributed by atoms with van der Waals surface area (Å²) in [6.07, 6.45) is 0.380. The van der Waals surface area contributed by atoms with Gasteiger partial charge in [-0.1, -0.05) is 43.7 Å². The molecule has 0 bridgehead atoms. The van der Waals surface area contributed by atoms with Crippen LogP contribution in [0.4, 0.5) is 25.2 Å². The first-order valence-corrected chi connectivity index (χ1v) is 14.7. The van der Waals surface area contributed by atoms with Crippen LogP contribution < -0.4 is 20.5 Å². The fourth-order valence-electron chi connectivity index (χ4n) is 4.44. The summed E-state index contributed by atoms with van der Waals surface area (Å²) in [7, 11) is -8.27. The monoisotopic (exact) mass is 626 g/mol. The van der Waals surface area contributed by atoms with Crippen molar-refractivity contribution in [2.24, 2.45) is 0 Å². The average Bonchev–Trinajstić information content (AvgIpc) is 2.99. The van der Waals surface area contributed by atoms with E-state index in [1.165, 1.54) is 12.1 Å². The molecule has 0 atom stereocenters. The SMILES string of the molecule is COc1ccc(COCC(=O)NNC(=O)c2ccc(N3CCC(C#N)(c4ccc(S(F)(F)(F)(F)F)cc4)CC3)nn2)cc1. The number of benzene rings is 2. The minimum atomic E-state index is -9.82. The standard InChI is InChI=1S/C27H27F5N6O4S/c1-41-21-6-2-19(3-7-21)16-42-17-25(39)36-37-26(40)23-10-11-24(35-34-23)38-14-12-27(18-33,13-15-38)20-4-8-22(9-5-20)43(28,29,30,31)32/h2-11H,12-17H2,1H3,(H,36,39)(H,37,40). The zero-order chi connectivity index (χ0) is 31.4. The average molecular weight is 627 g/mol. The molecule has 2 amide bonds. The highest BCUT2D eigenvalue weighted by molar-refractivity contribution is 8.45. The van der Waals surface area contributed by atoms with Crippen molar-refractivity contribution in [1.82, 2.24) is 21.0 Å². The lowest BCUT2D eigenvalue weighted by Crippen LogP contribution is -2.44. The third kappa shape index (κ3) is 7.87. The lowest BCUT2D eigenvalue weighted by atomic mass is 9.74. The van der Waals surface area contributed by atoms with Gasteiger partial charge in [0.1, 0.15) is 17.3 Å². The molecule has 2 N–H and O–H groups in total. The van der Waals surface area contributed by atoms with E-state index >= 15 is 0 Å². The molecule has 1 fully saturated rings. The fourth-order valence-corrected chi connectivity index (χ4v) is 5.09. The molecule has 0 aliphatic carbocycles. The third-order valence-electron chi connectivity index (χ3n) is 6.87. The third-order valence-corrected chi connectivity index (χ3v) is 8.03. The van der Waals surface area contributed by atoms with Gasteiger partial charge in [-0.25, -0.2) is 0 Å². The second-order valence-corrected chi connectivity index (χ2v) is 12.2. The molecule has 0 spiro atoms. The number of amides is 2. The van der Waals surface area contributed by atoms with Crippen molar-refractivity contribution in [2.75, 3.05) is 31.7 Å². The summed E-state index contributed by atoms with van der Waals surface area (Å²) in [5, 5.41) is 17.7. The highest BCUT2D eigenvalue weighted by atomic mass is 32.5. The van der Waals surface area contributed by atoms with E-state index in [1.807, 2.05) is 0 Å². The van der Waals surface area contributed by atoms with Crippen LogP contribution >= 0.6 is 10.2 Å². The van der Waals surface area contributed by atoms with E-state index < -0.39 is 32.3 Å². The number of hydrazine groups is 1. The van der Waals surface area contributed by atoms with Crippen LogP contribution in [0.5, 0.6) is 5.75 Å². The summed E-state index contributed by atoms with van der Waals surface area (Å²) < 4.78 is 75.8. The number of carbonyl (C=O) groups is 2. The topological polar surface area (TPSA) is 129 Å². The second-order valence-electron chi connectivity index (χ2n) is 9.79. The van der Waals surface area contributed by atoms with E-state index in [4.69, 9.17) is 9.47 Å². The molecular formula is C27H27F5N6O4S. The van der Waals surface area contributed by atoms with Crippen LogP contribution in [-0.2, 0) is 21.6 Å². The number of hydrogen-bond donors (Lipinski definition) is 2. The van der Waals surface area contributed by atoms with Crippen molar-refractivity contribution >= 4 is 27.9 Å². The Kier molecular flexibility index (Phi) is 8.27. The van der Waals surface area contributed by atoms with Crippen LogP contribution in [0.15, 0.2) is 65.6 Å². The summed E-state index contributed by atoms with van der Waals surface area (Å²) in [6.45, 7) is 0.401. The van der Waals surface area contributed by atoms with Gasteiger partial charge in [-0.3, -0.25) is 20.4 Å². The first-order chi connectivity index (χ1) is 20.1. The molecule has 43 heavy (non-hydrogen) atoms. The molecule has 2 aromatic carbocycles. The maximum atomic E-state index is 13.1. The van der Waals surface area contributed by atoms with Gasteiger partial charge in [0.2, 0.25) is 0 Å². The predicted molar refractivity (Wildman–Crippen MR) is 147 cm³/mol. The zero-order valence-corrected chi connectivity index (χ0v) is 23.6. The minimum Gasteiger partial charge on any atom is -0.497 e. The molecule has 0 saturated carbocycles. The number of carbonyl (C=O) groups excluding carboxylic acids is 2. The maximum Gasteiger partial charge on any atom is 0.310 e. The Morgan fingerprint density at radius 3 is 2.14 bits per heavy atom. The van der Waals surface area contributed by atoms with Crippen molar-refractivity contribution in [3.63, 3.8) is 0 Å². The molecule has 1 aliphatic heterocycles. The summed E-state index contributed by atoms with van der Waals surface area (Å²) in [5.74, 6) is -0.243. The van der Waals surface area contributed by atoms with Gasteiger partial charge in [-0.05, 0) is 60.4 Å². The van der Waals surface area contributed by atoms with Crippen LogP contribution in [0.3, 0.4) is 0 Å². The molecule has 10 nitrogen and oxygen atoms in total. The number of methoxy groups -OCH3 is 1. The lowest BCUT2D eigenvalue weighted by molar-refractivity contribution is -0.126. The Morgan fingerprint density at radius 2 is 1.60 bits per heavy atom. The fraction of sp³-hybridized carbons (Fsp3) is 0.296. The number of nitrogens with zero attached hydrogens (tertiary/aromatic N) is 4. The number of ether oxygens (including phenoxy) is 2. The highest BCUT2D eigenvalue weighted by Crippen LogP contribution is 3.02. The number of nitrogens with one attached hydrogen (secondary N) is 2. The molecule has 1 saturated heterocycles. The smallest absolute Gasteiger partial charge is 0.310 e. The van der Waals surface area contributed by atoms with E-state index in [9.17, 15) is 34.3 Å². The molecule has 230 valence electrons. The van der Waals surface area contributed by atoms with Crippen LogP contribution in [0.2, 0.25) is 0 Å². The molecule has 2 heterocycles. The van der Waals surface area contributed by atoms with Gasteiger partial charge in [-0.15, -0.1) is 10.2 Å². The number of halogens is 5. The van der Waals surface area contributed by atoms with E-state index in [0.29, 0.717) is 23.7 Å². The summed E-state index contributed by atoms with van der Waals surface area (Å²) in [6, 6.07) is 14.6. The summed E-state index contributed by atoms with van der Waals surface area (Å²) in [5.41, 5.74) is 4.21. The first-order valence-electron chi connectivity index (χ1n) is 12.8. The van der Waals surface area contributed by atoms with Crippen LogP contribution in [-0.4, -0.2) is 48.8 Å². The number of aromatic nitrogens is 2. The van der Waals surface area contributed by atoms with E-state index in [1.54, 1.807) is 36.3 Å². The largest absolute Gasteiger partial charge is 0.497 e. The highest BCUT2D eigenvalue weighted by Gasteiger charge is 2.65. The number of hydrogen-bond acceptors (Lipinski definition) is 8. The van der Waals surface area contributed by atoms with Gasteiger partial charge in [0.15, 0.2) is 11.5 Å².